The van der Waals surface area contributed by atoms with E-state index in [4.69, 9.17) is 0 Å². The first-order valence-corrected chi connectivity index (χ1v) is 8.21. The van der Waals surface area contributed by atoms with Gasteiger partial charge in [0.15, 0.2) is 0 Å². The molecule has 5 nitrogen and oxygen atoms in total. The van der Waals surface area contributed by atoms with Crippen LogP contribution in [0.4, 0.5) is 5.69 Å². The second-order valence-corrected chi connectivity index (χ2v) is 6.69. The van der Waals surface area contributed by atoms with Crippen molar-refractivity contribution in [1.82, 2.24) is 0 Å². The summed E-state index contributed by atoms with van der Waals surface area (Å²) >= 11 is 3.30. The normalized spacial score (nSPS) is 11.1. The lowest BCUT2D eigenvalue weighted by atomic mass is 10.2. The fourth-order valence-corrected chi connectivity index (χ4v) is 2.99. The van der Waals surface area contributed by atoms with Crippen LogP contribution in [0.3, 0.4) is 0 Å². The Kier molecular flexibility index (Phi) is 5.81. The van der Waals surface area contributed by atoms with Crippen LogP contribution < -0.4 is 4.72 Å². The number of carbonyl (C=O) groups is 1. The zero-order valence-corrected chi connectivity index (χ0v) is 13.2. The molecule has 0 spiro atoms. The second-order valence-electron chi connectivity index (χ2n) is 3.94. The molecule has 1 aromatic carbocycles. The number of anilines is 1. The third kappa shape index (κ3) is 5.61. The number of rotatable bonds is 6. The molecule has 0 radical (unpaired) electrons. The first-order valence-electron chi connectivity index (χ1n) is 5.76. The van der Waals surface area contributed by atoms with Crippen LogP contribution in [0.25, 0.3) is 0 Å². The molecule has 0 atom stereocenters. The van der Waals surface area contributed by atoms with Crippen LogP contribution in [0.5, 0.6) is 0 Å². The van der Waals surface area contributed by atoms with Crippen molar-refractivity contribution in [3.63, 3.8) is 0 Å². The number of benzene rings is 1. The zero-order chi connectivity index (χ0) is 14.5. The number of hydrogen-bond acceptors (Lipinski definition) is 4. The predicted molar refractivity (Wildman–Crippen MR) is 77.5 cm³/mol. The third-order valence-electron chi connectivity index (χ3n) is 2.33. The Labute approximate surface area is 121 Å². The van der Waals surface area contributed by atoms with Crippen LogP contribution >= 0.6 is 15.9 Å². The maximum atomic E-state index is 11.8. The van der Waals surface area contributed by atoms with Gasteiger partial charge in [0.25, 0.3) is 0 Å². The van der Waals surface area contributed by atoms with Crippen molar-refractivity contribution >= 4 is 37.6 Å². The standard InChI is InChI=1S/C12H16BrNO4S/c1-3-18-12(15)6-7-19(16,17)14-11-5-4-10(13)8-9(11)2/h4-5,8,14H,3,6-7H2,1-2H3. The molecule has 0 bridgehead atoms. The fourth-order valence-electron chi connectivity index (χ4n) is 1.41. The molecule has 1 N–H and O–H groups in total. The summed E-state index contributed by atoms with van der Waals surface area (Å²) in [6.07, 6.45) is -0.154. The quantitative estimate of drug-likeness (QED) is 0.800. The van der Waals surface area contributed by atoms with Gasteiger partial charge in [-0.25, -0.2) is 8.42 Å². The average molecular weight is 350 g/mol. The van der Waals surface area contributed by atoms with Gasteiger partial charge >= 0.3 is 5.97 Å². The van der Waals surface area contributed by atoms with Crippen LogP contribution in [-0.2, 0) is 19.6 Å². The lowest BCUT2D eigenvalue weighted by Crippen LogP contribution is -2.20. The van der Waals surface area contributed by atoms with E-state index in [-0.39, 0.29) is 18.8 Å². The maximum Gasteiger partial charge on any atom is 0.306 e. The number of halogens is 1. The highest BCUT2D eigenvalue weighted by Gasteiger charge is 2.15. The Hall–Kier alpha value is -1.08. The van der Waals surface area contributed by atoms with Gasteiger partial charge in [-0.3, -0.25) is 9.52 Å². The first-order chi connectivity index (χ1) is 8.84. The Balaban J connectivity index is 2.66. The van der Waals surface area contributed by atoms with Crippen molar-refractivity contribution in [2.75, 3.05) is 17.1 Å². The highest BCUT2D eigenvalue weighted by atomic mass is 79.9. The van der Waals surface area contributed by atoms with Gasteiger partial charge in [-0.05, 0) is 37.6 Å². The van der Waals surface area contributed by atoms with Gasteiger partial charge in [-0.1, -0.05) is 15.9 Å². The molecule has 0 fully saturated rings. The predicted octanol–water partition coefficient (Wildman–Crippen LogP) is 2.45. The number of carbonyl (C=O) groups excluding carboxylic acids is 1. The number of sulfonamides is 1. The molecular formula is C12H16BrNO4S. The van der Waals surface area contributed by atoms with Crippen molar-refractivity contribution < 1.29 is 17.9 Å². The molecule has 7 heteroatoms. The summed E-state index contributed by atoms with van der Waals surface area (Å²) in [6.45, 7) is 3.72. The van der Waals surface area contributed by atoms with E-state index in [1.165, 1.54) is 0 Å². The minimum atomic E-state index is -3.55. The van der Waals surface area contributed by atoms with E-state index in [0.717, 1.165) is 10.0 Å². The molecule has 0 unspecified atom stereocenters. The molecule has 0 saturated carbocycles. The molecule has 0 amide bonds. The molecule has 0 aromatic heterocycles. The SMILES string of the molecule is CCOC(=O)CCS(=O)(=O)Nc1ccc(Br)cc1C. The molecule has 19 heavy (non-hydrogen) atoms. The van der Waals surface area contributed by atoms with Crippen LogP contribution in [0.2, 0.25) is 0 Å². The summed E-state index contributed by atoms with van der Waals surface area (Å²) in [5.41, 5.74) is 1.31. The van der Waals surface area contributed by atoms with Crippen molar-refractivity contribution in [1.29, 1.82) is 0 Å². The summed E-state index contributed by atoms with van der Waals surface area (Å²) in [6, 6.07) is 5.22. The van der Waals surface area contributed by atoms with Gasteiger partial charge in [-0.15, -0.1) is 0 Å². The Bertz CT molecular complexity index is 557. The van der Waals surface area contributed by atoms with Crippen LogP contribution in [0, 0.1) is 6.92 Å². The van der Waals surface area contributed by atoms with E-state index in [0.29, 0.717) is 5.69 Å². The first kappa shape index (κ1) is 16.0. The molecule has 0 aliphatic rings. The summed E-state index contributed by atoms with van der Waals surface area (Å²) in [5, 5.41) is 0. The zero-order valence-electron chi connectivity index (χ0n) is 10.8. The highest BCUT2D eigenvalue weighted by Crippen LogP contribution is 2.21. The van der Waals surface area contributed by atoms with Crippen molar-refractivity contribution in [2.24, 2.45) is 0 Å². The molecule has 0 aliphatic carbocycles. The molecular weight excluding hydrogens is 334 g/mol. The lowest BCUT2D eigenvalue weighted by molar-refractivity contribution is -0.142. The smallest absolute Gasteiger partial charge is 0.306 e. The number of nitrogens with one attached hydrogen (secondary N) is 1. The van der Waals surface area contributed by atoms with Gasteiger partial charge in [0, 0.05) is 4.47 Å². The van der Waals surface area contributed by atoms with E-state index in [1.54, 1.807) is 26.0 Å². The Morgan fingerprint density at radius 2 is 2.11 bits per heavy atom. The molecule has 0 aliphatic heterocycles. The topological polar surface area (TPSA) is 72.5 Å². The molecule has 0 saturated heterocycles. The number of aryl methyl sites for hydroxylation is 1. The summed E-state index contributed by atoms with van der Waals surface area (Å²) < 4.78 is 31.6. The lowest BCUT2D eigenvalue weighted by Gasteiger charge is -2.10. The molecule has 1 rings (SSSR count). The van der Waals surface area contributed by atoms with Crippen molar-refractivity contribution in [3.05, 3.63) is 28.2 Å². The summed E-state index contributed by atoms with van der Waals surface area (Å²) in [4.78, 5) is 11.1. The summed E-state index contributed by atoms with van der Waals surface area (Å²) in [5.74, 6) is -0.804. The fraction of sp³-hybridized carbons (Fsp3) is 0.417. The van der Waals surface area contributed by atoms with E-state index in [9.17, 15) is 13.2 Å². The van der Waals surface area contributed by atoms with Crippen LogP contribution in [-0.4, -0.2) is 26.7 Å². The number of ether oxygens (including phenoxy) is 1. The third-order valence-corrected chi connectivity index (χ3v) is 4.10. The van der Waals surface area contributed by atoms with E-state index in [1.807, 2.05) is 6.07 Å². The van der Waals surface area contributed by atoms with Gasteiger partial charge < -0.3 is 4.74 Å². The largest absolute Gasteiger partial charge is 0.466 e. The minimum absolute atomic E-state index is 0.154. The van der Waals surface area contributed by atoms with Crippen LogP contribution in [0.15, 0.2) is 22.7 Å². The van der Waals surface area contributed by atoms with E-state index < -0.39 is 16.0 Å². The summed E-state index contributed by atoms with van der Waals surface area (Å²) in [7, 11) is -3.55. The highest BCUT2D eigenvalue weighted by molar-refractivity contribution is 9.10. The van der Waals surface area contributed by atoms with E-state index in [2.05, 4.69) is 25.4 Å². The monoisotopic (exact) mass is 349 g/mol. The van der Waals surface area contributed by atoms with Gasteiger partial charge in [0.05, 0.1) is 24.5 Å². The second kappa shape index (κ2) is 6.91. The van der Waals surface area contributed by atoms with Gasteiger partial charge in [0.1, 0.15) is 0 Å². The van der Waals surface area contributed by atoms with Crippen molar-refractivity contribution in [3.8, 4) is 0 Å². The molecule has 106 valence electrons. The Morgan fingerprint density at radius 1 is 1.42 bits per heavy atom. The number of hydrogen-bond donors (Lipinski definition) is 1. The van der Waals surface area contributed by atoms with Crippen molar-refractivity contribution in [2.45, 2.75) is 20.3 Å². The maximum absolute atomic E-state index is 11.8. The van der Waals surface area contributed by atoms with Gasteiger partial charge in [-0.2, -0.15) is 0 Å². The molecule has 1 aromatic rings. The van der Waals surface area contributed by atoms with E-state index >= 15 is 0 Å². The molecule has 0 heterocycles. The average Bonchev–Trinajstić information content (AvgIpc) is 2.31. The number of esters is 1. The Morgan fingerprint density at radius 3 is 2.68 bits per heavy atom. The van der Waals surface area contributed by atoms with Gasteiger partial charge in [0.2, 0.25) is 10.0 Å². The van der Waals surface area contributed by atoms with Crippen LogP contribution in [0.1, 0.15) is 18.9 Å². The minimum Gasteiger partial charge on any atom is -0.466 e.